The summed E-state index contributed by atoms with van der Waals surface area (Å²) in [6.45, 7) is 2.08. The minimum absolute atomic E-state index is 0.0774. The molecule has 1 amide bonds. The van der Waals surface area contributed by atoms with Crippen molar-refractivity contribution in [1.29, 1.82) is 0 Å². The van der Waals surface area contributed by atoms with E-state index in [4.69, 9.17) is 0 Å². The molecule has 0 saturated carbocycles. The van der Waals surface area contributed by atoms with Gasteiger partial charge in [0.05, 0.1) is 6.04 Å². The average Bonchev–Trinajstić information content (AvgIpc) is 2.65. The fourth-order valence-electron chi connectivity index (χ4n) is 3.46. The van der Waals surface area contributed by atoms with Gasteiger partial charge in [0.25, 0.3) is 0 Å². The molecule has 0 spiro atoms. The Bertz CT molecular complexity index is 626. The molecular weight excluding hydrogens is 272 g/mol. The Morgan fingerprint density at radius 3 is 2.09 bits per heavy atom. The van der Waals surface area contributed by atoms with E-state index in [-0.39, 0.29) is 24.0 Å². The van der Waals surface area contributed by atoms with Crippen molar-refractivity contribution < 1.29 is 4.79 Å². The molecule has 1 N–H and O–H groups in total. The maximum absolute atomic E-state index is 12.3. The van der Waals surface area contributed by atoms with Gasteiger partial charge in [-0.15, -0.1) is 0 Å². The second-order valence-electron chi connectivity index (χ2n) is 6.01. The average molecular weight is 294 g/mol. The fraction of sp³-hybridized carbons (Fsp3) is 0.316. The van der Waals surface area contributed by atoms with Gasteiger partial charge < -0.3 is 5.32 Å². The van der Waals surface area contributed by atoms with Crippen molar-refractivity contribution in [3.8, 4) is 0 Å². The molecular formula is C19H22N2O. The lowest BCUT2D eigenvalue weighted by atomic mass is 9.96. The molecule has 2 aromatic rings. The van der Waals surface area contributed by atoms with Crippen LogP contribution in [-0.4, -0.2) is 23.9 Å². The van der Waals surface area contributed by atoms with Gasteiger partial charge in [0, 0.05) is 18.5 Å². The molecule has 1 aliphatic heterocycles. The molecule has 3 atom stereocenters. The van der Waals surface area contributed by atoms with Gasteiger partial charge in [0.1, 0.15) is 0 Å². The summed E-state index contributed by atoms with van der Waals surface area (Å²) in [6.07, 6.45) is 0.494. The summed E-state index contributed by atoms with van der Waals surface area (Å²) < 4.78 is 0. The summed E-state index contributed by atoms with van der Waals surface area (Å²) in [5, 5.41) is 3.14. The smallest absolute Gasteiger partial charge is 0.222 e. The van der Waals surface area contributed by atoms with Crippen LogP contribution in [0.5, 0.6) is 0 Å². The number of likely N-dealkylation sites (N-methyl/N-ethyl adjacent to an activating group) is 1. The highest BCUT2D eigenvalue weighted by Crippen LogP contribution is 2.35. The van der Waals surface area contributed by atoms with E-state index >= 15 is 0 Å². The van der Waals surface area contributed by atoms with E-state index in [1.54, 1.807) is 0 Å². The standard InChI is InChI=1S/C19H22N2O/c1-14-19(16-11-7-4-8-12-16)21(2)17(13-18(22)20-14)15-9-5-3-6-10-15/h3-12,14,17,19H,13H2,1-2H3,(H,20,22)/t14-,17-,19+/m1/s1. The Labute approximate surface area is 132 Å². The maximum Gasteiger partial charge on any atom is 0.222 e. The Morgan fingerprint density at radius 2 is 1.50 bits per heavy atom. The van der Waals surface area contributed by atoms with Crippen LogP contribution < -0.4 is 5.32 Å². The van der Waals surface area contributed by atoms with Crippen LogP contribution in [0.2, 0.25) is 0 Å². The van der Waals surface area contributed by atoms with Gasteiger partial charge in [-0.1, -0.05) is 60.7 Å². The topological polar surface area (TPSA) is 32.3 Å². The third kappa shape index (κ3) is 2.90. The van der Waals surface area contributed by atoms with E-state index in [2.05, 4.69) is 60.6 Å². The van der Waals surface area contributed by atoms with Crippen LogP contribution in [0.25, 0.3) is 0 Å². The summed E-state index contributed by atoms with van der Waals surface area (Å²) in [5.74, 6) is 0.117. The lowest BCUT2D eigenvalue weighted by Gasteiger charge is -2.35. The van der Waals surface area contributed by atoms with E-state index in [1.165, 1.54) is 11.1 Å². The molecule has 2 aromatic carbocycles. The van der Waals surface area contributed by atoms with E-state index in [1.807, 2.05) is 24.3 Å². The van der Waals surface area contributed by atoms with Crippen molar-refractivity contribution in [2.24, 2.45) is 0 Å². The van der Waals surface area contributed by atoms with E-state index in [0.717, 1.165) is 0 Å². The van der Waals surface area contributed by atoms with Gasteiger partial charge in [-0.2, -0.15) is 0 Å². The predicted octanol–water partition coefficient (Wildman–Crippen LogP) is 3.31. The number of hydrogen-bond acceptors (Lipinski definition) is 2. The number of benzene rings is 2. The highest BCUT2D eigenvalue weighted by atomic mass is 16.1. The number of carbonyl (C=O) groups is 1. The number of amides is 1. The van der Waals surface area contributed by atoms with Crippen LogP contribution >= 0.6 is 0 Å². The molecule has 0 unspecified atom stereocenters. The van der Waals surface area contributed by atoms with Gasteiger partial charge in [-0.3, -0.25) is 9.69 Å². The first-order valence-corrected chi connectivity index (χ1v) is 7.78. The normalized spacial score (nSPS) is 26.3. The molecule has 3 nitrogen and oxygen atoms in total. The highest BCUT2D eigenvalue weighted by molar-refractivity contribution is 5.77. The third-order valence-corrected chi connectivity index (χ3v) is 4.50. The molecule has 3 heteroatoms. The lowest BCUT2D eigenvalue weighted by molar-refractivity contribution is -0.121. The van der Waals surface area contributed by atoms with Gasteiger partial charge >= 0.3 is 0 Å². The molecule has 114 valence electrons. The van der Waals surface area contributed by atoms with Crippen LogP contribution in [0.4, 0.5) is 0 Å². The Hall–Kier alpha value is -2.13. The minimum Gasteiger partial charge on any atom is -0.352 e. The van der Waals surface area contributed by atoms with Crippen LogP contribution in [0, 0.1) is 0 Å². The zero-order valence-corrected chi connectivity index (χ0v) is 13.1. The Kier molecular flexibility index (Phi) is 4.25. The van der Waals surface area contributed by atoms with Gasteiger partial charge in [-0.05, 0) is 25.1 Å². The van der Waals surface area contributed by atoms with E-state index in [0.29, 0.717) is 6.42 Å². The van der Waals surface area contributed by atoms with E-state index < -0.39 is 0 Å². The van der Waals surface area contributed by atoms with Crippen molar-refractivity contribution in [1.82, 2.24) is 10.2 Å². The first-order chi connectivity index (χ1) is 10.7. The SMILES string of the molecule is C[C@H]1NC(=O)C[C@H](c2ccccc2)N(C)[C@@H]1c1ccccc1. The molecule has 1 saturated heterocycles. The number of nitrogens with zero attached hydrogens (tertiary/aromatic N) is 1. The van der Waals surface area contributed by atoms with Crippen molar-refractivity contribution >= 4 is 5.91 Å². The third-order valence-electron chi connectivity index (χ3n) is 4.50. The highest BCUT2D eigenvalue weighted by Gasteiger charge is 2.34. The number of hydrogen-bond donors (Lipinski definition) is 1. The summed E-state index contributed by atoms with van der Waals surface area (Å²) in [5.41, 5.74) is 2.43. The van der Waals surface area contributed by atoms with Crippen LogP contribution in [0.3, 0.4) is 0 Å². The van der Waals surface area contributed by atoms with Crippen LogP contribution in [0.15, 0.2) is 60.7 Å². The second-order valence-corrected chi connectivity index (χ2v) is 6.01. The summed E-state index contributed by atoms with van der Waals surface area (Å²) >= 11 is 0. The zero-order chi connectivity index (χ0) is 15.5. The molecule has 1 aliphatic rings. The maximum atomic E-state index is 12.3. The second kappa shape index (κ2) is 6.32. The first kappa shape index (κ1) is 14.8. The van der Waals surface area contributed by atoms with Gasteiger partial charge in [-0.25, -0.2) is 0 Å². The van der Waals surface area contributed by atoms with E-state index in [9.17, 15) is 4.79 Å². The number of carbonyl (C=O) groups excluding carboxylic acids is 1. The number of rotatable bonds is 2. The predicted molar refractivity (Wildman–Crippen MR) is 88.4 cm³/mol. The lowest BCUT2D eigenvalue weighted by Crippen LogP contribution is -2.39. The van der Waals surface area contributed by atoms with Crippen LogP contribution in [-0.2, 0) is 4.79 Å². The quantitative estimate of drug-likeness (QED) is 0.921. The van der Waals surface area contributed by atoms with Crippen molar-refractivity contribution in [3.63, 3.8) is 0 Å². The van der Waals surface area contributed by atoms with Crippen molar-refractivity contribution in [3.05, 3.63) is 71.8 Å². The molecule has 1 fully saturated rings. The first-order valence-electron chi connectivity index (χ1n) is 7.78. The largest absolute Gasteiger partial charge is 0.352 e. The zero-order valence-electron chi connectivity index (χ0n) is 13.1. The van der Waals surface area contributed by atoms with Crippen LogP contribution in [0.1, 0.15) is 36.6 Å². The van der Waals surface area contributed by atoms with Gasteiger partial charge in [0.15, 0.2) is 0 Å². The summed E-state index contributed by atoms with van der Waals surface area (Å²) in [7, 11) is 2.12. The Morgan fingerprint density at radius 1 is 0.955 bits per heavy atom. The van der Waals surface area contributed by atoms with Crippen molar-refractivity contribution in [2.75, 3.05) is 7.05 Å². The summed E-state index contributed by atoms with van der Waals surface area (Å²) in [6, 6.07) is 21.0. The Balaban J connectivity index is 2.00. The molecule has 1 heterocycles. The molecule has 0 aromatic heterocycles. The van der Waals surface area contributed by atoms with Gasteiger partial charge in [0.2, 0.25) is 5.91 Å². The monoisotopic (exact) mass is 294 g/mol. The molecule has 22 heavy (non-hydrogen) atoms. The van der Waals surface area contributed by atoms with Crippen molar-refractivity contribution in [2.45, 2.75) is 31.5 Å². The molecule has 0 aliphatic carbocycles. The summed E-state index contributed by atoms with van der Waals surface area (Å²) in [4.78, 5) is 14.6. The fourth-order valence-corrected chi connectivity index (χ4v) is 3.46. The molecule has 0 bridgehead atoms. The minimum atomic E-state index is 0.0774. The number of nitrogens with one attached hydrogen (secondary N) is 1. The molecule has 3 rings (SSSR count). The molecule has 0 radical (unpaired) electrons.